The third-order valence-electron chi connectivity index (χ3n) is 4.77. The number of piperidine rings is 1. The van der Waals surface area contributed by atoms with E-state index in [0.29, 0.717) is 41.5 Å². The molecule has 1 N–H and O–H groups in total. The molecule has 0 spiro atoms. The number of aryl methyl sites for hydroxylation is 1. The fraction of sp³-hybridized carbons (Fsp3) is 0.389. The van der Waals surface area contributed by atoms with E-state index in [1.807, 2.05) is 0 Å². The van der Waals surface area contributed by atoms with Crippen LogP contribution in [0.2, 0.25) is 0 Å². The van der Waals surface area contributed by atoms with Crippen molar-refractivity contribution in [2.75, 3.05) is 6.54 Å². The van der Waals surface area contributed by atoms with E-state index in [2.05, 4.69) is 4.98 Å². The molecule has 2 aromatic rings. The maximum atomic E-state index is 13.3. The molecule has 1 aliphatic rings. The quantitative estimate of drug-likeness (QED) is 0.919. The van der Waals surface area contributed by atoms with Gasteiger partial charge in [0.2, 0.25) is 0 Å². The zero-order valence-electron chi connectivity index (χ0n) is 13.6. The Bertz CT molecular complexity index is 821. The van der Waals surface area contributed by atoms with Gasteiger partial charge in [-0.25, -0.2) is 4.39 Å². The molecule has 0 unspecified atom stereocenters. The van der Waals surface area contributed by atoms with Crippen molar-refractivity contribution < 1.29 is 19.1 Å². The molecule has 0 bridgehead atoms. The first-order valence-electron chi connectivity index (χ1n) is 7.99. The van der Waals surface area contributed by atoms with Gasteiger partial charge in [0.15, 0.2) is 0 Å². The molecule has 0 saturated carbocycles. The highest BCUT2D eigenvalue weighted by molar-refractivity contribution is 5.99. The van der Waals surface area contributed by atoms with Crippen LogP contribution < -0.4 is 0 Å². The molecule has 1 amide bonds. The minimum atomic E-state index is -0.871. The first-order valence-corrected chi connectivity index (χ1v) is 7.99. The molecule has 1 saturated heterocycles. The number of pyridine rings is 1. The molecule has 24 heavy (non-hydrogen) atoms. The van der Waals surface area contributed by atoms with Crippen molar-refractivity contribution in [3.05, 3.63) is 41.3 Å². The molecular formula is C18H19FN2O3. The number of rotatable bonds is 2. The van der Waals surface area contributed by atoms with Crippen molar-refractivity contribution in [3.8, 4) is 0 Å². The number of fused-ring (bicyclic) bond motifs is 1. The first kappa shape index (κ1) is 16.4. The summed E-state index contributed by atoms with van der Waals surface area (Å²) in [5.74, 6) is -2.01. The number of likely N-dealkylation sites (tertiary alicyclic amines) is 1. The average molecular weight is 330 g/mol. The van der Waals surface area contributed by atoms with Crippen molar-refractivity contribution in [2.45, 2.75) is 32.7 Å². The van der Waals surface area contributed by atoms with Crippen molar-refractivity contribution in [1.29, 1.82) is 0 Å². The van der Waals surface area contributed by atoms with E-state index in [9.17, 15) is 19.1 Å². The lowest BCUT2D eigenvalue weighted by Crippen LogP contribution is -2.49. The summed E-state index contributed by atoms with van der Waals surface area (Å²) in [6.07, 6.45) is 1.24. The van der Waals surface area contributed by atoms with Crippen LogP contribution in [0.4, 0.5) is 4.39 Å². The van der Waals surface area contributed by atoms with Crippen LogP contribution in [0.3, 0.4) is 0 Å². The predicted octanol–water partition coefficient (Wildman–Crippen LogP) is 3.01. The number of nitrogens with zero attached hydrogens (tertiary/aromatic N) is 2. The molecule has 1 aliphatic heterocycles. The molecule has 0 aliphatic carbocycles. The number of carbonyl (C=O) groups is 2. The molecular weight excluding hydrogens is 311 g/mol. The van der Waals surface area contributed by atoms with Crippen molar-refractivity contribution in [2.24, 2.45) is 5.92 Å². The number of hydrogen-bond acceptors (Lipinski definition) is 3. The molecule has 1 aromatic heterocycles. The van der Waals surface area contributed by atoms with E-state index in [-0.39, 0.29) is 17.8 Å². The lowest BCUT2D eigenvalue weighted by Gasteiger charge is -2.37. The molecule has 1 aromatic carbocycles. The maximum absolute atomic E-state index is 13.3. The minimum Gasteiger partial charge on any atom is -0.481 e. The Balaban J connectivity index is 1.97. The summed E-state index contributed by atoms with van der Waals surface area (Å²) < 4.78 is 13.3. The molecule has 126 valence electrons. The highest BCUT2D eigenvalue weighted by atomic mass is 19.1. The lowest BCUT2D eigenvalue weighted by molar-refractivity contribution is -0.144. The summed E-state index contributed by atoms with van der Waals surface area (Å²) >= 11 is 0. The predicted molar refractivity (Wildman–Crippen MR) is 87.3 cm³/mol. The van der Waals surface area contributed by atoms with Crippen molar-refractivity contribution in [1.82, 2.24) is 9.88 Å². The standard InChI is InChI=1S/C18H19FN2O3/c1-10-15(8-12-5-6-13(19)9-16(12)20-10)17(22)21-7-3-4-14(11(21)2)18(23)24/h5-6,8-9,11,14H,3-4,7H2,1-2H3,(H,23,24)/t11-,14-/m1/s1. The van der Waals surface area contributed by atoms with Crippen LogP contribution in [-0.2, 0) is 4.79 Å². The molecule has 5 nitrogen and oxygen atoms in total. The summed E-state index contributed by atoms with van der Waals surface area (Å²) in [7, 11) is 0. The van der Waals surface area contributed by atoms with Crippen molar-refractivity contribution >= 4 is 22.8 Å². The second kappa shape index (κ2) is 6.19. The maximum Gasteiger partial charge on any atom is 0.308 e. The fourth-order valence-electron chi connectivity index (χ4n) is 3.37. The van der Waals surface area contributed by atoms with Crippen LogP contribution in [0.1, 0.15) is 35.8 Å². The van der Waals surface area contributed by atoms with Crippen LogP contribution >= 0.6 is 0 Å². The third-order valence-corrected chi connectivity index (χ3v) is 4.77. The SMILES string of the molecule is Cc1nc2cc(F)ccc2cc1C(=O)N1CCC[C@@H](C(=O)O)[C@H]1C. The number of hydrogen-bond donors (Lipinski definition) is 1. The van der Waals surface area contributed by atoms with Crippen LogP contribution in [0.15, 0.2) is 24.3 Å². The fourth-order valence-corrected chi connectivity index (χ4v) is 3.37. The number of benzene rings is 1. The number of carboxylic acids is 1. The Morgan fingerprint density at radius 2 is 2.08 bits per heavy atom. The van der Waals surface area contributed by atoms with E-state index in [1.54, 1.807) is 30.9 Å². The number of carbonyl (C=O) groups excluding carboxylic acids is 1. The number of aliphatic carboxylic acids is 1. The second-order valence-corrected chi connectivity index (χ2v) is 6.28. The molecule has 3 rings (SSSR count). The Kier molecular flexibility index (Phi) is 4.22. The van der Waals surface area contributed by atoms with Crippen LogP contribution in [0.5, 0.6) is 0 Å². The summed E-state index contributed by atoms with van der Waals surface area (Å²) in [5.41, 5.74) is 1.45. The Labute approximate surface area is 139 Å². The van der Waals surface area contributed by atoms with Crippen molar-refractivity contribution in [3.63, 3.8) is 0 Å². The number of carboxylic acid groups (broad SMARTS) is 1. The van der Waals surface area contributed by atoms with Crippen LogP contribution in [-0.4, -0.2) is 39.5 Å². The third kappa shape index (κ3) is 2.84. The monoisotopic (exact) mass is 330 g/mol. The van der Waals surface area contributed by atoms with Gasteiger partial charge in [0.1, 0.15) is 5.82 Å². The summed E-state index contributed by atoms with van der Waals surface area (Å²) in [6.45, 7) is 4.01. The highest BCUT2D eigenvalue weighted by Crippen LogP contribution is 2.27. The topological polar surface area (TPSA) is 70.5 Å². The number of amides is 1. The Morgan fingerprint density at radius 1 is 1.33 bits per heavy atom. The zero-order valence-corrected chi connectivity index (χ0v) is 13.6. The van der Waals surface area contributed by atoms with Gasteiger partial charge in [-0.1, -0.05) is 0 Å². The van der Waals surface area contributed by atoms with Gasteiger partial charge in [0.05, 0.1) is 22.7 Å². The summed E-state index contributed by atoms with van der Waals surface area (Å²) in [4.78, 5) is 30.2. The molecule has 1 fully saturated rings. The average Bonchev–Trinajstić information content (AvgIpc) is 2.53. The summed E-state index contributed by atoms with van der Waals surface area (Å²) in [5, 5.41) is 10.00. The highest BCUT2D eigenvalue weighted by Gasteiger charge is 2.36. The van der Waals surface area contributed by atoms with Gasteiger partial charge in [-0.15, -0.1) is 0 Å². The number of halogens is 1. The van der Waals surface area contributed by atoms with Gasteiger partial charge in [0, 0.05) is 24.0 Å². The first-order chi connectivity index (χ1) is 11.4. The molecule has 2 heterocycles. The lowest BCUT2D eigenvalue weighted by atomic mass is 9.89. The molecule has 0 radical (unpaired) electrons. The van der Waals surface area contributed by atoms with Crippen LogP contribution in [0.25, 0.3) is 10.9 Å². The second-order valence-electron chi connectivity index (χ2n) is 6.28. The smallest absolute Gasteiger partial charge is 0.308 e. The normalized spacial score (nSPS) is 21.0. The van der Waals surface area contributed by atoms with E-state index in [0.717, 1.165) is 0 Å². The largest absolute Gasteiger partial charge is 0.481 e. The molecule has 6 heteroatoms. The van der Waals surface area contributed by atoms with Crippen LogP contribution in [0, 0.1) is 18.7 Å². The summed E-state index contributed by atoms with van der Waals surface area (Å²) in [6, 6.07) is 5.59. The minimum absolute atomic E-state index is 0.218. The number of aromatic nitrogens is 1. The van der Waals surface area contributed by atoms with E-state index < -0.39 is 11.9 Å². The van der Waals surface area contributed by atoms with Gasteiger partial charge in [-0.05, 0) is 44.9 Å². The van der Waals surface area contributed by atoms with Gasteiger partial charge < -0.3 is 10.0 Å². The van der Waals surface area contributed by atoms with Gasteiger partial charge in [0.25, 0.3) is 5.91 Å². The molecule has 2 atom stereocenters. The van der Waals surface area contributed by atoms with E-state index in [1.165, 1.54) is 12.1 Å². The van der Waals surface area contributed by atoms with E-state index >= 15 is 0 Å². The Hall–Kier alpha value is -2.50. The van der Waals surface area contributed by atoms with Gasteiger partial charge in [-0.3, -0.25) is 14.6 Å². The van der Waals surface area contributed by atoms with Gasteiger partial charge in [-0.2, -0.15) is 0 Å². The van der Waals surface area contributed by atoms with E-state index in [4.69, 9.17) is 0 Å². The van der Waals surface area contributed by atoms with Gasteiger partial charge >= 0.3 is 5.97 Å². The Morgan fingerprint density at radius 3 is 2.79 bits per heavy atom. The zero-order chi connectivity index (χ0) is 17.4.